The number of nitrogens with one attached hydrogen (secondary N) is 1. The van der Waals surface area contributed by atoms with Crippen LogP contribution in [0.1, 0.15) is 28.5 Å². The number of likely N-dealkylation sites (N-methyl/N-ethyl adjacent to an activating group) is 1. The number of rotatable bonds is 3. The van der Waals surface area contributed by atoms with Gasteiger partial charge in [-0.2, -0.15) is 0 Å². The van der Waals surface area contributed by atoms with Gasteiger partial charge in [-0.1, -0.05) is 0 Å². The molecule has 3 rings (SSSR count). The fourth-order valence-electron chi connectivity index (χ4n) is 3.08. The van der Waals surface area contributed by atoms with Gasteiger partial charge in [0.2, 0.25) is 5.91 Å². The first-order valence-corrected chi connectivity index (χ1v) is 8.87. The van der Waals surface area contributed by atoms with Crippen molar-refractivity contribution in [1.82, 2.24) is 10.2 Å². The topological polar surface area (TPSA) is 32.3 Å². The Bertz CT molecular complexity index is 460. The molecule has 0 aromatic carbocycles. The molecule has 2 unspecified atom stereocenters. The standard InChI is InChI=1S/C14H20N2OS2/c1-15-9-10-3-2-6-16(10)14(17)13-11-4-7-18-12(11)5-8-19-13/h4,7,10,13,15H,2-3,5-6,8-9H2,1H3. The van der Waals surface area contributed by atoms with Crippen molar-refractivity contribution in [3.8, 4) is 0 Å². The highest BCUT2D eigenvalue weighted by atomic mass is 32.2. The van der Waals surface area contributed by atoms with E-state index in [1.54, 1.807) is 11.3 Å². The van der Waals surface area contributed by atoms with Gasteiger partial charge in [0, 0.05) is 24.0 Å². The molecule has 2 atom stereocenters. The van der Waals surface area contributed by atoms with Crippen LogP contribution in [0.2, 0.25) is 0 Å². The molecule has 1 aromatic rings. The number of hydrogen-bond donors (Lipinski definition) is 1. The van der Waals surface area contributed by atoms with Crippen molar-refractivity contribution in [2.24, 2.45) is 0 Å². The normalized spacial score (nSPS) is 26.5. The number of nitrogens with zero attached hydrogens (tertiary/aromatic N) is 1. The summed E-state index contributed by atoms with van der Waals surface area (Å²) in [6, 6.07) is 2.54. The number of aryl methyl sites for hydroxylation is 1. The molecule has 0 spiro atoms. The number of likely N-dealkylation sites (tertiary alicyclic amines) is 1. The largest absolute Gasteiger partial charge is 0.337 e. The van der Waals surface area contributed by atoms with Gasteiger partial charge in [-0.15, -0.1) is 23.1 Å². The van der Waals surface area contributed by atoms with Gasteiger partial charge in [0.15, 0.2) is 0 Å². The monoisotopic (exact) mass is 296 g/mol. The van der Waals surface area contributed by atoms with Crippen molar-refractivity contribution in [2.45, 2.75) is 30.6 Å². The van der Waals surface area contributed by atoms with Crippen LogP contribution in [0.25, 0.3) is 0 Å². The van der Waals surface area contributed by atoms with E-state index in [4.69, 9.17) is 0 Å². The Kier molecular flexibility index (Phi) is 4.15. The summed E-state index contributed by atoms with van der Waals surface area (Å²) in [4.78, 5) is 16.4. The first-order valence-electron chi connectivity index (χ1n) is 6.94. The molecule has 3 nitrogen and oxygen atoms in total. The van der Waals surface area contributed by atoms with Crippen LogP contribution in [0.15, 0.2) is 11.4 Å². The average Bonchev–Trinajstić information content (AvgIpc) is 3.06. The van der Waals surface area contributed by atoms with Gasteiger partial charge >= 0.3 is 0 Å². The molecule has 0 radical (unpaired) electrons. The third kappa shape index (κ3) is 2.56. The molecular weight excluding hydrogens is 276 g/mol. The molecule has 0 saturated carbocycles. The molecule has 0 bridgehead atoms. The fraction of sp³-hybridized carbons (Fsp3) is 0.643. The zero-order valence-corrected chi connectivity index (χ0v) is 12.9. The summed E-state index contributed by atoms with van der Waals surface area (Å²) < 4.78 is 0. The van der Waals surface area contributed by atoms with Gasteiger partial charge in [-0.25, -0.2) is 0 Å². The first-order chi connectivity index (χ1) is 9.31. The van der Waals surface area contributed by atoms with E-state index in [2.05, 4.69) is 21.7 Å². The molecule has 2 aliphatic rings. The maximum Gasteiger partial charge on any atom is 0.240 e. The maximum atomic E-state index is 12.8. The number of thioether (sulfide) groups is 1. The van der Waals surface area contributed by atoms with E-state index in [9.17, 15) is 4.79 Å². The number of carbonyl (C=O) groups excluding carboxylic acids is 1. The lowest BCUT2D eigenvalue weighted by Crippen LogP contribution is -2.43. The van der Waals surface area contributed by atoms with E-state index in [0.29, 0.717) is 11.9 Å². The minimum atomic E-state index is 0.0486. The van der Waals surface area contributed by atoms with Crippen molar-refractivity contribution in [2.75, 3.05) is 25.9 Å². The second-order valence-corrected chi connectivity index (χ2v) is 7.40. The van der Waals surface area contributed by atoms with Gasteiger partial charge in [-0.3, -0.25) is 4.79 Å². The predicted molar refractivity (Wildman–Crippen MR) is 81.9 cm³/mol. The van der Waals surface area contributed by atoms with Crippen LogP contribution in [0.3, 0.4) is 0 Å². The van der Waals surface area contributed by atoms with Crippen molar-refractivity contribution in [3.05, 3.63) is 21.9 Å². The predicted octanol–water partition coefficient (Wildman–Crippen LogP) is 2.29. The maximum absolute atomic E-state index is 12.8. The molecule has 1 amide bonds. The molecule has 5 heteroatoms. The van der Waals surface area contributed by atoms with E-state index >= 15 is 0 Å². The van der Waals surface area contributed by atoms with Crippen molar-refractivity contribution in [1.29, 1.82) is 0 Å². The highest BCUT2D eigenvalue weighted by Crippen LogP contribution is 2.41. The summed E-state index contributed by atoms with van der Waals surface area (Å²) >= 11 is 3.62. The Hall–Kier alpha value is -0.520. The quantitative estimate of drug-likeness (QED) is 0.929. The Balaban J connectivity index is 1.78. The van der Waals surface area contributed by atoms with Crippen molar-refractivity contribution >= 4 is 29.0 Å². The molecule has 3 heterocycles. The molecule has 19 heavy (non-hydrogen) atoms. The molecule has 104 valence electrons. The van der Waals surface area contributed by atoms with Gasteiger partial charge in [0.25, 0.3) is 0 Å². The first kappa shape index (κ1) is 13.5. The van der Waals surface area contributed by atoms with Crippen LogP contribution >= 0.6 is 23.1 Å². The summed E-state index contributed by atoms with van der Waals surface area (Å²) in [6.07, 6.45) is 3.41. The molecule has 1 N–H and O–H groups in total. The molecule has 1 aromatic heterocycles. The number of carbonyl (C=O) groups is 1. The average molecular weight is 296 g/mol. The Morgan fingerprint density at radius 1 is 1.58 bits per heavy atom. The van der Waals surface area contributed by atoms with Crippen LogP contribution in [0.5, 0.6) is 0 Å². The van der Waals surface area contributed by atoms with Gasteiger partial charge < -0.3 is 10.2 Å². The van der Waals surface area contributed by atoms with Crippen molar-refractivity contribution in [3.63, 3.8) is 0 Å². The third-order valence-electron chi connectivity index (χ3n) is 4.00. The van der Waals surface area contributed by atoms with Gasteiger partial charge in [-0.05, 0) is 49.1 Å². The van der Waals surface area contributed by atoms with Gasteiger partial charge in [0.05, 0.1) is 0 Å². The second-order valence-electron chi connectivity index (χ2n) is 5.19. The smallest absolute Gasteiger partial charge is 0.240 e. The summed E-state index contributed by atoms with van der Waals surface area (Å²) in [5.41, 5.74) is 1.28. The Morgan fingerprint density at radius 2 is 2.47 bits per heavy atom. The zero-order valence-electron chi connectivity index (χ0n) is 11.2. The van der Waals surface area contributed by atoms with Gasteiger partial charge in [0.1, 0.15) is 5.25 Å². The van der Waals surface area contributed by atoms with E-state index in [1.807, 2.05) is 18.8 Å². The number of fused-ring (bicyclic) bond motifs is 1. The minimum absolute atomic E-state index is 0.0486. The molecule has 0 aliphatic carbocycles. The molecule has 2 aliphatic heterocycles. The summed E-state index contributed by atoms with van der Waals surface area (Å²) in [6.45, 7) is 1.85. The lowest BCUT2D eigenvalue weighted by Gasteiger charge is -2.30. The third-order valence-corrected chi connectivity index (χ3v) is 6.23. The van der Waals surface area contributed by atoms with Crippen LogP contribution in [0.4, 0.5) is 0 Å². The van der Waals surface area contributed by atoms with E-state index < -0.39 is 0 Å². The Morgan fingerprint density at radius 3 is 3.32 bits per heavy atom. The van der Waals surface area contributed by atoms with E-state index in [1.165, 1.54) is 10.4 Å². The van der Waals surface area contributed by atoms with Crippen LogP contribution in [0, 0.1) is 0 Å². The van der Waals surface area contributed by atoms with Crippen LogP contribution < -0.4 is 5.32 Å². The van der Waals surface area contributed by atoms with Crippen LogP contribution in [-0.4, -0.2) is 42.7 Å². The second kappa shape index (κ2) is 5.85. The lowest BCUT2D eigenvalue weighted by atomic mass is 10.1. The number of amides is 1. The van der Waals surface area contributed by atoms with Crippen LogP contribution in [-0.2, 0) is 11.2 Å². The minimum Gasteiger partial charge on any atom is -0.337 e. The lowest BCUT2D eigenvalue weighted by molar-refractivity contribution is -0.131. The molecule has 1 fully saturated rings. The molecule has 1 saturated heterocycles. The summed E-state index contributed by atoms with van der Waals surface area (Å²) in [5, 5.41) is 5.39. The SMILES string of the molecule is CNCC1CCCN1C(=O)C1SCCc2sccc21. The highest BCUT2D eigenvalue weighted by molar-refractivity contribution is 8.00. The Labute approximate surface area is 122 Å². The van der Waals surface area contributed by atoms with E-state index in [-0.39, 0.29) is 5.25 Å². The fourth-order valence-corrected chi connectivity index (χ4v) is 5.44. The number of thiophene rings is 1. The summed E-state index contributed by atoms with van der Waals surface area (Å²) in [5.74, 6) is 1.41. The summed E-state index contributed by atoms with van der Waals surface area (Å²) in [7, 11) is 1.97. The highest BCUT2D eigenvalue weighted by Gasteiger charge is 2.36. The molecular formula is C14H20N2OS2. The zero-order chi connectivity index (χ0) is 13.2. The number of hydrogen-bond acceptors (Lipinski definition) is 4. The van der Waals surface area contributed by atoms with Crippen molar-refractivity contribution < 1.29 is 4.79 Å². The van der Waals surface area contributed by atoms with E-state index in [0.717, 1.165) is 38.1 Å².